The molecule has 4 nitrogen and oxygen atoms in total. The van der Waals surface area contributed by atoms with Gasteiger partial charge < -0.3 is 15.2 Å². The Kier molecular flexibility index (Phi) is 4.58. The molecule has 5 heteroatoms. The Labute approximate surface area is 160 Å². The summed E-state index contributed by atoms with van der Waals surface area (Å²) in [4.78, 5) is 12.9. The fourth-order valence-electron chi connectivity index (χ4n) is 6.11. The van der Waals surface area contributed by atoms with Crippen LogP contribution in [0, 0.1) is 23.2 Å². The van der Waals surface area contributed by atoms with E-state index in [1.165, 1.54) is 44.6 Å². The third kappa shape index (κ3) is 3.06. The lowest BCUT2D eigenvalue weighted by Gasteiger charge is -2.59. The molecule has 1 aromatic rings. The summed E-state index contributed by atoms with van der Waals surface area (Å²) in [7, 11) is 0. The standard InChI is InChI=1S/C21H28ClNO3/c1-3-26-18-8-16(7-17(22)19(18)24)20(25)23-12(2)21-9-13-4-14(10-21)6-15(5-13)11-21/h7-8,12-15,24H,3-6,9-11H2,1-2H3,(H,23,25). The van der Waals surface area contributed by atoms with Crippen LogP contribution in [-0.4, -0.2) is 23.7 Å². The number of halogens is 1. The molecule has 0 aliphatic heterocycles. The Hall–Kier alpha value is -1.42. The highest BCUT2D eigenvalue weighted by Crippen LogP contribution is 2.61. The number of hydrogen-bond acceptors (Lipinski definition) is 3. The quantitative estimate of drug-likeness (QED) is 0.776. The lowest BCUT2D eigenvalue weighted by Crippen LogP contribution is -2.55. The van der Waals surface area contributed by atoms with Gasteiger partial charge in [-0.05, 0) is 87.7 Å². The van der Waals surface area contributed by atoms with E-state index < -0.39 is 0 Å². The number of rotatable bonds is 5. The summed E-state index contributed by atoms with van der Waals surface area (Å²) >= 11 is 6.08. The van der Waals surface area contributed by atoms with Gasteiger partial charge in [-0.15, -0.1) is 0 Å². The number of carbonyl (C=O) groups is 1. The third-order valence-corrected chi connectivity index (χ3v) is 7.23. The van der Waals surface area contributed by atoms with Crippen molar-refractivity contribution in [2.45, 2.75) is 58.4 Å². The number of phenols is 1. The molecule has 4 aliphatic carbocycles. The monoisotopic (exact) mass is 377 g/mol. The van der Waals surface area contributed by atoms with E-state index in [1.807, 2.05) is 6.92 Å². The summed E-state index contributed by atoms with van der Waals surface area (Å²) in [5.41, 5.74) is 0.696. The maximum absolute atomic E-state index is 12.9. The second-order valence-electron chi connectivity index (χ2n) is 8.71. The fourth-order valence-corrected chi connectivity index (χ4v) is 6.32. The largest absolute Gasteiger partial charge is 0.503 e. The second kappa shape index (κ2) is 6.63. The maximum Gasteiger partial charge on any atom is 0.251 e. The molecule has 5 rings (SSSR count). The molecule has 0 saturated heterocycles. The zero-order chi connectivity index (χ0) is 18.5. The molecule has 0 aromatic heterocycles. The van der Waals surface area contributed by atoms with Crippen molar-refractivity contribution >= 4 is 17.5 Å². The molecule has 142 valence electrons. The van der Waals surface area contributed by atoms with Crippen LogP contribution in [-0.2, 0) is 0 Å². The minimum absolute atomic E-state index is 0.112. The van der Waals surface area contributed by atoms with Gasteiger partial charge in [0.1, 0.15) is 0 Å². The molecule has 0 radical (unpaired) electrons. The van der Waals surface area contributed by atoms with Gasteiger partial charge in [0.15, 0.2) is 11.5 Å². The van der Waals surface area contributed by atoms with Crippen LogP contribution in [0.25, 0.3) is 0 Å². The number of ether oxygens (including phenoxy) is 1. The molecule has 4 aliphatic rings. The number of phenolic OH excluding ortho intramolecular Hbond substituents is 1. The van der Waals surface area contributed by atoms with Gasteiger partial charge in [0.2, 0.25) is 0 Å². The van der Waals surface area contributed by atoms with Gasteiger partial charge >= 0.3 is 0 Å². The molecule has 4 saturated carbocycles. The minimum Gasteiger partial charge on any atom is -0.503 e. The van der Waals surface area contributed by atoms with Gasteiger partial charge in [-0.25, -0.2) is 0 Å². The van der Waals surface area contributed by atoms with Gasteiger partial charge in [0, 0.05) is 11.6 Å². The summed E-state index contributed by atoms with van der Waals surface area (Å²) in [5, 5.41) is 13.4. The normalized spacial score (nSPS) is 33.1. The van der Waals surface area contributed by atoms with Crippen LogP contribution >= 0.6 is 11.6 Å². The predicted octanol–water partition coefficient (Wildman–Crippen LogP) is 4.78. The summed E-state index contributed by atoms with van der Waals surface area (Å²) < 4.78 is 5.40. The van der Waals surface area contributed by atoms with E-state index in [2.05, 4.69) is 12.2 Å². The molecule has 1 unspecified atom stereocenters. The SMILES string of the molecule is CCOc1cc(C(=O)NC(C)C23CC4CC(CC(C4)C2)C3)cc(Cl)c1O. The first kappa shape index (κ1) is 18.0. The molecular weight excluding hydrogens is 350 g/mol. The first-order chi connectivity index (χ1) is 12.4. The smallest absolute Gasteiger partial charge is 0.251 e. The molecule has 4 fully saturated rings. The highest BCUT2D eigenvalue weighted by molar-refractivity contribution is 6.32. The average molecular weight is 378 g/mol. The van der Waals surface area contributed by atoms with E-state index in [0.717, 1.165) is 17.8 Å². The van der Waals surface area contributed by atoms with Crippen LogP contribution in [0.1, 0.15) is 62.7 Å². The van der Waals surface area contributed by atoms with Crippen LogP contribution in [0.5, 0.6) is 11.5 Å². The van der Waals surface area contributed by atoms with Crippen LogP contribution in [0.2, 0.25) is 5.02 Å². The summed E-state index contributed by atoms with van der Waals surface area (Å²) in [6.07, 6.45) is 7.94. The zero-order valence-corrected chi connectivity index (χ0v) is 16.3. The lowest BCUT2D eigenvalue weighted by atomic mass is 9.48. The van der Waals surface area contributed by atoms with Crippen molar-refractivity contribution in [3.63, 3.8) is 0 Å². The second-order valence-corrected chi connectivity index (χ2v) is 9.12. The lowest BCUT2D eigenvalue weighted by molar-refractivity contribution is -0.0688. The van der Waals surface area contributed by atoms with Gasteiger partial charge in [-0.3, -0.25) is 4.79 Å². The van der Waals surface area contributed by atoms with Gasteiger partial charge in [-0.1, -0.05) is 11.6 Å². The average Bonchev–Trinajstić information content (AvgIpc) is 2.57. The van der Waals surface area contributed by atoms with Crippen molar-refractivity contribution in [2.75, 3.05) is 6.61 Å². The van der Waals surface area contributed by atoms with Crippen molar-refractivity contribution in [1.29, 1.82) is 0 Å². The van der Waals surface area contributed by atoms with E-state index >= 15 is 0 Å². The Morgan fingerprint density at radius 1 is 1.27 bits per heavy atom. The molecule has 26 heavy (non-hydrogen) atoms. The van der Waals surface area contributed by atoms with Crippen molar-refractivity contribution in [1.82, 2.24) is 5.32 Å². The molecule has 0 spiro atoms. The van der Waals surface area contributed by atoms with E-state index in [-0.39, 0.29) is 33.9 Å². The van der Waals surface area contributed by atoms with Crippen LogP contribution < -0.4 is 10.1 Å². The number of aromatic hydroxyl groups is 1. The van der Waals surface area contributed by atoms with E-state index in [4.69, 9.17) is 16.3 Å². The third-order valence-electron chi connectivity index (χ3n) is 6.94. The van der Waals surface area contributed by atoms with E-state index in [1.54, 1.807) is 6.07 Å². The summed E-state index contributed by atoms with van der Waals surface area (Å²) in [5.74, 6) is 2.57. The fraction of sp³-hybridized carbons (Fsp3) is 0.667. The maximum atomic E-state index is 12.9. The van der Waals surface area contributed by atoms with E-state index in [9.17, 15) is 9.90 Å². The molecule has 2 N–H and O–H groups in total. The van der Waals surface area contributed by atoms with Gasteiger partial charge in [0.05, 0.1) is 11.6 Å². The van der Waals surface area contributed by atoms with Gasteiger partial charge in [-0.2, -0.15) is 0 Å². The number of carbonyl (C=O) groups excluding carboxylic acids is 1. The Morgan fingerprint density at radius 3 is 2.38 bits per heavy atom. The molecule has 0 heterocycles. The first-order valence-corrected chi connectivity index (χ1v) is 10.2. The van der Waals surface area contributed by atoms with Crippen LogP contribution in [0.3, 0.4) is 0 Å². The number of hydrogen-bond donors (Lipinski definition) is 2. The minimum atomic E-state index is -0.143. The number of nitrogens with one attached hydrogen (secondary N) is 1. The zero-order valence-electron chi connectivity index (χ0n) is 15.6. The molecular formula is C21H28ClNO3. The van der Waals surface area contributed by atoms with Crippen LogP contribution in [0.4, 0.5) is 0 Å². The highest BCUT2D eigenvalue weighted by atomic mass is 35.5. The Bertz CT molecular complexity index is 682. The topological polar surface area (TPSA) is 58.6 Å². The van der Waals surface area contributed by atoms with Crippen LogP contribution in [0.15, 0.2) is 12.1 Å². The van der Waals surface area contributed by atoms with Gasteiger partial charge in [0.25, 0.3) is 5.91 Å². The summed E-state index contributed by atoms with van der Waals surface area (Å²) in [6.45, 7) is 4.39. The van der Waals surface area contributed by atoms with Crippen molar-refractivity contribution in [3.05, 3.63) is 22.7 Å². The Balaban J connectivity index is 1.51. The van der Waals surface area contributed by atoms with E-state index in [0.29, 0.717) is 12.2 Å². The molecule has 1 atom stereocenters. The number of benzene rings is 1. The van der Waals surface area contributed by atoms with Crippen molar-refractivity contribution in [3.8, 4) is 11.5 Å². The molecule has 1 aromatic carbocycles. The predicted molar refractivity (Wildman–Crippen MR) is 102 cm³/mol. The van der Waals surface area contributed by atoms with Crippen molar-refractivity contribution < 1.29 is 14.6 Å². The number of amides is 1. The van der Waals surface area contributed by atoms with Crippen molar-refractivity contribution in [2.24, 2.45) is 23.2 Å². The molecule has 1 amide bonds. The molecule has 4 bridgehead atoms. The Morgan fingerprint density at radius 2 is 1.85 bits per heavy atom. The highest BCUT2D eigenvalue weighted by Gasteiger charge is 2.53. The first-order valence-electron chi connectivity index (χ1n) is 9.86. The summed E-state index contributed by atoms with van der Waals surface area (Å²) in [6, 6.07) is 3.24.